The summed E-state index contributed by atoms with van der Waals surface area (Å²) in [6.07, 6.45) is 5.58. The van der Waals surface area contributed by atoms with Gasteiger partial charge in [-0.25, -0.2) is 4.98 Å². The van der Waals surface area contributed by atoms with E-state index >= 15 is 0 Å². The van der Waals surface area contributed by atoms with Crippen LogP contribution in [-0.4, -0.2) is 27.7 Å². The third kappa shape index (κ3) is 4.10. The van der Waals surface area contributed by atoms with Gasteiger partial charge in [-0.15, -0.1) is 0 Å². The largest absolute Gasteiger partial charge is 0.375 e. The Morgan fingerprint density at radius 3 is 2.64 bits per heavy atom. The first-order valence-electron chi connectivity index (χ1n) is 8.90. The van der Waals surface area contributed by atoms with Crippen molar-refractivity contribution in [3.05, 3.63) is 48.0 Å². The Balaban J connectivity index is 1.61. The summed E-state index contributed by atoms with van der Waals surface area (Å²) < 4.78 is 7.90. The smallest absolute Gasteiger partial charge is 0.229 e. The van der Waals surface area contributed by atoms with Gasteiger partial charge in [0.1, 0.15) is 5.82 Å². The molecule has 0 bridgehead atoms. The van der Waals surface area contributed by atoms with E-state index < -0.39 is 0 Å². The molecule has 1 saturated heterocycles. The van der Waals surface area contributed by atoms with Crippen molar-refractivity contribution in [1.29, 1.82) is 0 Å². The normalized spacial score (nSPS) is 20.9. The van der Waals surface area contributed by atoms with E-state index in [9.17, 15) is 4.79 Å². The third-order valence-electron chi connectivity index (χ3n) is 5.08. The summed E-state index contributed by atoms with van der Waals surface area (Å²) in [4.78, 5) is 16.7. The Hall–Kier alpha value is -2.14. The number of hydrogen-bond acceptors (Lipinski definition) is 3. The van der Waals surface area contributed by atoms with E-state index in [0.717, 1.165) is 24.4 Å². The van der Waals surface area contributed by atoms with Crippen molar-refractivity contribution < 1.29 is 9.53 Å². The van der Waals surface area contributed by atoms with Crippen molar-refractivity contribution in [2.45, 2.75) is 52.2 Å². The Kier molecular flexibility index (Phi) is 4.95. The van der Waals surface area contributed by atoms with E-state index in [4.69, 9.17) is 4.74 Å². The fourth-order valence-electron chi connectivity index (χ4n) is 3.26. The zero-order valence-electron chi connectivity index (χ0n) is 15.5. The maximum absolute atomic E-state index is 12.4. The number of nitrogens with zero attached hydrogens (tertiary/aromatic N) is 2. The predicted molar refractivity (Wildman–Crippen MR) is 98.6 cm³/mol. The minimum atomic E-state index is -0.111. The first-order chi connectivity index (χ1) is 11.9. The van der Waals surface area contributed by atoms with Gasteiger partial charge < -0.3 is 14.6 Å². The molecule has 3 rings (SSSR count). The molecule has 0 radical (unpaired) electrons. The molecule has 2 aromatic rings. The number of ether oxygens (including phenoxy) is 1. The summed E-state index contributed by atoms with van der Waals surface area (Å²) in [6, 6.07) is 8.24. The van der Waals surface area contributed by atoms with Crippen molar-refractivity contribution in [1.82, 2.24) is 9.55 Å². The van der Waals surface area contributed by atoms with Crippen LogP contribution in [0.25, 0.3) is 0 Å². The van der Waals surface area contributed by atoms with Gasteiger partial charge in [0.15, 0.2) is 0 Å². The molecule has 1 aromatic carbocycles. The lowest BCUT2D eigenvalue weighted by atomic mass is 9.91. The van der Waals surface area contributed by atoms with Crippen LogP contribution in [0.3, 0.4) is 0 Å². The van der Waals surface area contributed by atoms with Crippen molar-refractivity contribution >= 4 is 11.6 Å². The number of hydrogen-bond donors (Lipinski definition) is 1. The van der Waals surface area contributed by atoms with E-state index in [1.807, 2.05) is 31.5 Å². The molecule has 1 aliphatic rings. The molecule has 1 amide bonds. The van der Waals surface area contributed by atoms with Crippen molar-refractivity contribution in [2.75, 3.05) is 11.9 Å². The molecule has 0 saturated carbocycles. The summed E-state index contributed by atoms with van der Waals surface area (Å²) in [6.45, 7) is 8.78. The van der Waals surface area contributed by atoms with Crippen LogP contribution in [0.1, 0.15) is 51.0 Å². The van der Waals surface area contributed by atoms with Crippen LogP contribution in [0.4, 0.5) is 5.69 Å². The van der Waals surface area contributed by atoms with Crippen molar-refractivity contribution in [2.24, 2.45) is 5.92 Å². The number of aryl methyl sites for hydroxylation is 1. The molecule has 5 heteroatoms. The summed E-state index contributed by atoms with van der Waals surface area (Å²) in [5, 5.41) is 3.01. The van der Waals surface area contributed by atoms with Crippen molar-refractivity contribution in [3.63, 3.8) is 0 Å². The van der Waals surface area contributed by atoms with Gasteiger partial charge in [0.25, 0.3) is 0 Å². The van der Waals surface area contributed by atoms with Crippen LogP contribution in [0.2, 0.25) is 0 Å². The van der Waals surface area contributed by atoms with Gasteiger partial charge in [0.2, 0.25) is 5.91 Å². The SMILES string of the molecule is Cc1nccn1[C@@H](C)c1ccc(NC(=O)C2CCC(C)(C)OC2)cc1. The number of anilines is 1. The number of rotatable bonds is 4. The summed E-state index contributed by atoms with van der Waals surface area (Å²) in [5.74, 6) is 0.965. The standard InChI is InChI=1S/C20H27N3O2/c1-14(23-12-11-21-15(23)2)16-5-7-18(8-6-16)22-19(24)17-9-10-20(3,4)25-13-17/h5-8,11-12,14,17H,9-10,13H2,1-4H3,(H,22,24)/t14-,17?/m0/s1. The average molecular weight is 341 g/mol. The van der Waals surface area contributed by atoms with Gasteiger partial charge >= 0.3 is 0 Å². The lowest BCUT2D eigenvalue weighted by Gasteiger charge is -2.34. The second-order valence-corrected chi connectivity index (χ2v) is 7.48. The molecule has 1 N–H and O–H groups in total. The number of aromatic nitrogens is 2. The molecule has 0 aliphatic carbocycles. The van der Waals surface area contributed by atoms with Crippen LogP contribution >= 0.6 is 0 Å². The molecule has 1 aromatic heterocycles. The van der Waals surface area contributed by atoms with Gasteiger partial charge in [-0.1, -0.05) is 12.1 Å². The maximum atomic E-state index is 12.4. The number of carbonyl (C=O) groups excluding carboxylic acids is 1. The molecule has 1 aliphatic heterocycles. The van der Waals surface area contributed by atoms with E-state index in [2.05, 4.69) is 47.8 Å². The fourth-order valence-corrected chi connectivity index (χ4v) is 3.26. The quantitative estimate of drug-likeness (QED) is 0.916. The lowest BCUT2D eigenvalue weighted by molar-refractivity contribution is -0.131. The van der Waals surface area contributed by atoms with Crippen LogP contribution in [-0.2, 0) is 9.53 Å². The monoisotopic (exact) mass is 341 g/mol. The molecule has 2 atom stereocenters. The second kappa shape index (κ2) is 7.00. The molecule has 1 unspecified atom stereocenters. The molecule has 2 heterocycles. The topological polar surface area (TPSA) is 56.2 Å². The highest BCUT2D eigenvalue weighted by Gasteiger charge is 2.31. The first-order valence-corrected chi connectivity index (χ1v) is 8.90. The van der Waals surface area contributed by atoms with Crippen LogP contribution in [0.5, 0.6) is 0 Å². The summed E-state index contributed by atoms with van der Waals surface area (Å²) >= 11 is 0. The molecule has 0 spiro atoms. The van der Waals surface area contributed by atoms with E-state index in [-0.39, 0.29) is 23.5 Å². The van der Waals surface area contributed by atoms with Crippen LogP contribution in [0.15, 0.2) is 36.7 Å². The van der Waals surface area contributed by atoms with E-state index in [0.29, 0.717) is 6.61 Å². The van der Waals surface area contributed by atoms with E-state index in [1.54, 1.807) is 0 Å². The number of imidazole rings is 1. The highest BCUT2D eigenvalue weighted by molar-refractivity contribution is 5.92. The first kappa shape index (κ1) is 17.7. The Labute approximate surface area is 149 Å². The van der Waals surface area contributed by atoms with Crippen LogP contribution < -0.4 is 5.32 Å². The number of amides is 1. The molecular formula is C20H27N3O2. The molecule has 5 nitrogen and oxygen atoms in total. The van der Waals surface area contributed by atoms with Gasteiger partial charge in [-0.05, 0) is 58.2 Å². The maximum Gasteiger partial charge on any atom is 0.229 e. The molecule has 25 heavy (non-hydrogen) atoms. The van der Waals surface area contributed by atoms with E-state index in [1.165, 1.54) is 5.56 Å². The van der Waals surface area contributed by atoms with Gasteiger partial charge in [0.05, 0.1) is 24.2 Å². The summed E-state index contributed by atoms with van der Waals surface area (Å²) in [7, 11) is 0. The second-order valence-electron chi connectivity index (χ2n) is 7.48. The zero-order chi connectivity index (χ0) is 18.0. The minimum Gasteiger partial charge on any atom is -0.375 e. The molecule has 134 valence electrons. The number of benzene rings is 1. The lowest BCUT2D eigenvalue weighted by Crippen LogP contribution is -2.38. The predicted octanol–water partition coefficient (Wildman–Crippen LogP) is 3.94. The van der Waals surface area contributed by atoms with Crippen LogP contribution in [0, 0.1) is 12.8 Å². The fraction of sp³-hybridized carbons (Fsp3) is 0.500. The molecular weight excluding hydrogens is 314 g/mol. The highest BCUT2D eigenvalue weighted by atomic mass is 16.5. The molecule has 1 fully saturated rings. The minimum absolute atomic E-state index is 0.0433. The van der Waals surface area contributed by atoms with Gasteiger partial charge in [0, 0.05) is 18.1 Å². The Bertz CT molecular complexity index is 724. The van der Waals surface area contributed by atoms with Gasteiger partial charge in [-0.2, -0.15) is 0 Å². The van der Waals surface area contributed by atoms with Gasteiger partial charge in [-0.3, -0.25) is 4.79 Å². The Morgan fingerprint density at radius 1 is 1.36 bits per heavy atom. The highest BCUT2D eigenvalue weighted by Crippen LogP contribution is 2.28. The third-order valence-corrected chi connectivity index (χ3v) is 5.08. The Morgan fingerprint density at radius 2 is 2.08 bits per heavy atom. The number of nitrogens with one attached hydrogen (secondary N) is 1. The average Bonchev–Trinajstić information content (AvgIpc) is 3.01. The summed E-state index contributed by atoms with van der Waals surface area (Å²) in [5.41, 5.74) is 1.90. The zero-order valence-corrected chi connectivity index (χ0v) is 15.5. The van der Waals surface area contributed by atoms with Crippen molar-refractivity contribution in [3.8, 4) is 0 Å². The number of carbonyl (C=O) groups is 1.